The summed E-state index contributed by atoms with van der Waals surface area (Å²) in [7, 11) is -1.04. The number of benzene rings is 1. The van der Waals surface area contributed by atoms with E-state index in [0.717, 1.165) is 15.6 Å². The fourth-order valence-electron chi connectivity index (χ4n) is 2.32. The highest BCUT2D eigenvalue weighted by molar-refractivity contribution is 9.10. The van der Waals surface area contributed by atoms with Crippen LogP contribution in [0.3, 0.4) is 0 Å². The Morgan fingerprint density at radius 2 is 2.00 bits per heavy atom. The first kappa shape index (κ1) is 11.2. The van der Waals surface area contributed by atoms with Crippen LogP contribution in [0, 0.1) is 0 Å². The van der Waals surface area contributed by atoms with E-state index in [0.29, 0.717) is 11.7 Å². The molecule has 0 unspecified atom stereocenters. The van der Waals surface area contributed by atoms with Crippen LogP contribution in [0.1, 0.15) is 17.9 Å². The molecule has 2 rings (SSSR count). The molecule has 1 fully saturated rings. The minimum atomic E-state index is -1.04. The zero-order valence-electron chi connectivity index (χ0n) is 9.42. The first-order valence-corrected chi connectivity index (χ1v) is 9.75. The maximum atomic E-state index is 9.82. The fraction of sp³-hybridized carbons (Fsp3) is 0.500. The highest BCUT2D eigenvalue weighted by atomic mass is 79.9. The van der Waals surface area contributed by atoms with Gasteiger partial charge in [-0.3, -0.25) is 0 Å². The minimum Gasteiger partial charge on any atom is -0.508 e. The Bertz CT molecular complexity index is 384. The average molecular weight is 285 g/mol. The summed E-state index contributed by atoms with van der Waals surface area (Å²) in [5.74, 6) is 1.07. The molecule has 0 heterocycles. The van der Waals surface area contributed by atoms with Crippen molar-refractivity contribution in [2.24, 2.45) is 0 Å². The third-order valence-electron chi connectivity index (χ3n) is 3.29. The van der Waals surface area contributed by atoms with Gasteiger partial charge < -0.3 is 5.11 Å². The van der Waals surface area contributed by atoms with Crippen molar-refractivity contribution < 1.29 is 5.11 Å². The number of halogens is 1. The van der Waals surface area contributed by atoms with E-state index in [1.807, 2.05) is 6.07 Å². The molecule has 0 spiro atoms. The summed E-state index contributed by atoms with van der Waals surface area (Å²) < 4.78 is 1.07. The first-order chi connectivity index (χ1) is 6.89. The Morgan fingerprint density at radius 3 is 2.53 bits per heavy atom. The van der Waals surface area contributed by atoms with Crippen LogP contribution in [-0.2, 0) is 0 Å². The Hall–Kier alpha value is -0.283. The van der Waals surface area contributed by atoms with Crippen LogP contribution in [0.4, 0.5) is 0 Å². The summed E-state index contributed by atoms with van der Waals surface area (Å²) >= 11 is 3.46. The minimum absolute atomic E-state index is 0.462. The van der Waals surface area contributed by atoms with Gasteiger partial charge >= 0.3 is 0 Å². The largest absolute Gasteiger partial charge is 0.508 e. The molecular formula is C12H17BrOSi. The molecule has 1 nitrogen and oxygen atoms in total. The van der Waals surface area contributed by atoms with Crippen LogP contribution in [0.15, 0.2) is 22.7 Å². The molecule has 1 saturated carbocycles. The molecule has 0 aromatic heterocycles. The van der Waals surface area contributed by atoms with Crippen molar-refractivity contribution in [1.29, 1.82) is 0 Å². The van der Waals surface area contributed by atoms with Crippen molar-refractivity contribution in [3.05, 3.63) is 28.2 Å². The Kier molecular flexibility index (Phi) is 2.71. The van der Waals surface area contributed by atoms with E-state index >= 15 is 0 Å². The molecule has 0 amide bonds. The zero-order chi connectivity index (χ0) is 11.2. The van der Waals surface area contributed by atoms with E-state index in [1.54, 1.807) is 6.07 Å². The van der Waals surface area contributed by atoms with Crippen molar-refractivity contribution >= 4 is 24.0 Å². The van der Waals surface area contributed by atoms with Gasteiger partial charge in [0.25, 0.3) is 0 Å². The number of rotatable bonds is 2. The highest BCUT2D eigenvalue weighted by Crippen LogP contribution is 2.60. The van der Waals surface area contributed by atoms with Gasteiger partial charge in [-0.05, 0) is 41.6 Å². The van der Waals surface area contributed by atoms with E-state index in [4.69, 9.17) is 0 Å². The molecule has 1 aromatic rings. The molecule has 1 aliphatic rings. The van der Waals surface area contributed by atoms with Crippen LogP contribution < -0.4 is 0 Å². The molecule has 15 heavy (non-hydrogen) atoms. The van der Waals surface area contributed by atoms with Gasteiger partial charge in [0.2, 0.25) is 0 Å². The van der Waals surface area contributed by atoms with Gasteiger partial charge in [-0.15, -0.1) is 0 Å². The number of hydrogen-bond acceptors (Lipinski definition) is 1. The lowest BCUT2D eigenvalue weighted by molar-refractivity contribution is 0.468. The monoisotopic (exact) mass is 284 g/mol. The molecule has 2 atom stereocenters. The van der Waals surface area contributed by atoms with Crippen LogP contribution in [0.2, 0.25) is 25.2 Å². The van der Waals surface area contributed by atoms with Crippen molar-refractivity contribution in [3.63, 3.8) is 0 Å². The van der Waals surface area contributed by atoms with E-state index < -0.39 is 8.07 Å². The fourth-order valence-corrected chi connectivity index (χ4v) is 5.04. The molecule has 0 bridgehead atoms. The van der Waals surface area contributed by atoms with Gasteiger partial charge in [0, 0.05) is 12.5 Å². The lowest BCUT2D eigenvalue weighted by atomic mass is 10.1. The standard InChI is InChI=1S/C12H17BrOSi/c1-15(2,3)12-7-10(12)9-6-8(13)4-5-11(9)14/h4-6,10,12,14H,7H2,1-3H3/t10-,12+/m0/s1. The quantitative estimate of drug-likeness (QED) is 0.801. The number of hydrogen-bond donors (Lipinski definition) is 1. The Balaban J connectivity index is 2.23. The second-order valence-corrected chi connectivity index (χ2v) is 11.9. The van der Waals surface area contributed by atoms with Gasteiger partial charge in [0.15, 0.2) is 0 Å². The van der Waals surface area contributed by atoms with Crippen LogP contribution in [0.25, 0.3) is 0 Å². The summed E-state index contributed by atoms with van der Waals surface area (Å²) in [4.78, 5) is 0. The molecule has 0 radical (unpaired) electrons. The predicted molar refractivity (Wildman–Crippen MR) is 70.3 cm³/mol. The van der Waals surface area contributed by atoms with Gasteiger partial charge in [0.05, 0.1) is 0 Å². The summed E-state index contributed by atoms with van der Waals surface area (Å²) in [5, 5.41) is 9.82. The summed E-state index contributed by atoms with van der Waals surface area (Å²) in [6.45, 7) is 7.23. The van der Waals surface area contributed by atoms with Gasteiger partial charge in [-0.1, -0.05) is 35.6 Å². The SMILES string of the molecule is C[Si](C)(C)[C@@H]1C[C@H]1c1cc(Br)ccc1O. The van der Waals surface area contributed by atoms with Gasteiger partial charge in [0.1, 0.15) is 5.75 Å². The number of phenolic OH excluding ortho intramolecular Hbond substituents is 1. The smallest absolute Gasteiger partial charge is 0.119 e. The van der Waals surface area contributed by atoms with E-state index in [-0.39, 0.29) is 0 Å². The molecule has 3 heteroatoms. The maximum absolute atomic E-state index is 9.82. The Labute approximate surface area is 101 Å². The normalized spacial score (nSPS) is 25.3. The molecule has 82 valence electrons. The topological polar surface area (TPSA) is 20.2 Å². The van der Waals surface area contributed by atoms with Crippen LogP contribution >= 0.6 is 15.9 Å². The van der Waals surface area contributed by atoms with Crippen LogP contribution in [0.5, 0.6) is 5.75 Å². The number of aromatic hydroxyl groups is 1. The predicted octanol–water partition coefficient (Wildman–Crippen LogP) is 4.35. The van der Waals surface area contributed by atoms with Crippen molar-refractivity contribution in [2.45, 2.75) is 37.5 Å². The van der Waals surface area contributed by atoms with Gasteiger partial charge in [-0.25, -0.2) is 0 Å². The summed E-state index contributed by atoms with van der Waals surface area (Å²) in [6, 6.07) is 5.75. The van der Waals surface area contributed by atoms with Gasteiger partial charge in [-0.2, -0.15) is 0 Å². The lowest BCUT2D eigenvalue weighted by Crippen LogP contribution is -2.20. The second-order valence-electron chi connectivity index (χ2n) is 5.52. The van der Waals surface area contributed by atoms with Crippen LogP contribution in [-0.4, -0.2) is 13.2 Å². The van der Waals surface area contributed by atoms with Crippen molar-refractivity contribution in [3.8, 4) is 5.75 Å². The molecular weight excluding hydrogens is 268 g/mol. The molecule has 1 N–H and O–H groups in total. The lowest BCUT2D eigenvalue weighted by Gasteiger charge is -2.16. The molecule has 0 aliphatic heterocycles. The third-order valence-corrected chi connectivity index (χ3v) is 6.65. The van der Waals surface area contributed by atoms with Crippen molar-refractivity contribution in [1.82, 2.24) is 0 Å². The summed E-state index contributed by atoms with van der Waals surface area (Å²) in [6.07, 6.45) is 1.26. The maximum Gasteiger partial charge on any atom is 0.119 e. The van der Waals surface area contributed by atoms with E-state index in [9.17, 15) is 5.11 Å². The Morgan fingerprint density at radius 1 is 1.33 bits per heavy atom. The molecule has 0 saturated heterocycles. The third kappa shape index (κ3) is 2.28. The molecule has 1 aromatic carbocycles. The molecule has 1 aliphatic carbocycles. The zero-order valence-corrected chi connectivity index (χ0v) is 12.0. The average Bonchev–Trinajstić information content (AvgIpc) is 2.87. The first-order valence-electron chi connectivity index (χ1n) is 5.38. The van der Waals surface area contributed by atoms with E-state index in [2.05, 4.69) is 41.6 Å². The van der Waals surface area contributed by atoms with Crippen molar-refractivity contribution in [2.75, 3.05) is 0 Å². The van der Waals surface area contributed by atoms with E-state index in [1.165, 1.54) is 6.42 Å². The highest BCUT2D eigenvalue weighted by Gasteiger charge is 2.47. The second kappa shape index (κ2) is 3.63. The summed E-state index contributed by atoms with van der Waals surface area (Å²) in [5.41, 5.74) is 1.98. The number of phenols is 1.